The van der Waals surface area contributed by atoms with Gasteiger partial charge in [0.1, 0.15) is 0 Å². The zero-order valence-corrected chi connectivity index (χ0v) is 9.44. The Morgan fingerprint density at radius 1 is 1.38 bits per heavy atom. The molecule has 2 aliphatic heterocycles. The first-order valence-corrected chi connectivity index (χ1v) is 5.72. The van der Waals surface area contributed by atoms with Crippen LogP contribution in [-0.4, -0.2) is 47.8 Å². The van der Waals surface area contributed by atoms with E-state index in [1.165, 1.54) is 0 Å². The molecule has 0 bridgehead atoms. The van der Waals surface area contributed by atoms with Crippen molar-refractivity contribution >= 4 is 12.1 Å². The number of hydrogen-bond donors (Lipinski definition) is 1. The van der Waals surface area contributed by atoms with Crippen molar-refractivity contribution in [1.82, 2.24) is 15.3 Å². The second-order valence-corrected chi connectivity index (χ2v) is 4.32. The molecule has 0 aliphatic carbocycles. The van der Waals surface area contributed by atoms with E-state index in [1.807, 2.05) is 6.92 Å². The van der Waals surface area contributed by atoms with Crippen LogP contribution in [0.15, 0.2) is 0 Å². The molecule has 0 saturated carbocycles. The van der Waals surface area contributed by atoms with Gasteiger partial charge in [0.25, 0.3) is 0 Å². The van der Waals surface area contributed by atoms with Crippen LogP contribution in [0.3, 0.4) is 0 Å². The predicted molar refractivity (Wildman–Crippen MR) is 56.6 cm³/mol. The third-order valence-corrected chi connectivity index (χ3v) is 2.84. The molecule has 0 radical (unpaired) electrons. The van der Waals surface area contributed by atoms with E-state index in [0.29, 0.717) is 6.54 Å². The Morgan fingerprint density at radius 3 is 2.62 bits per heavy atom. The summed E-state index contributed by atoms with van der Waals surface area (Å²) in [6, 6.07) is -0.306. The molecule has 0 aromatic rings. The van der Waals surface area contributed by atoms with Gasteiger partial charge in [-0.25, -0.2) is 9.59 Å². The number of hydroxylamine groups is 2. The molecule has 1 unspecified atom stereocenters. The number of nitrogens with one attached hydrogen (secondary N) is 1. The summed E-state index contributed by atoms with van der Waals surface area (Å²) < 4.78 is 0. The molecule has 6 heteroatoms. The fourth-order valence-electron chi connectivity index (χ4n) is 1.97. The Balaban J connectivity index is 1.84. The minimum absolute atomic E-state index is 0.0293. The van der Waals surface area contributed by atoms with Crippen LogP contribution in [0.2, 0.25) is 0 Å². The topological polar surface area (TPSA) is 61.9 Å². The Morgan fingerprint density at radius 2 is 2.06 bits per heavy atom. The molecule has 0 aromatic carbocycles. The Kier molecular flexibility index (Phi) is 3.17. The lowest BCUT2D eigenvalue weighted by molar-refractivity contribution is -0.0627. The largest absolute Gasteiger partial charge is 0.434 e. The first-order valence-electron chi connectivity index (χ1n) is 5.72. The molecular weight excluding hydrogens is 210 g/mol. The van der Waals surface area contributed by atoms with Crippen molar-refractivity contribution in [2.24, 2.45) is 0 Å². The normalized spacial score (nSPS) is 25.6. The summed E-state index contributed by atoms with van der Waals surface area (Å²) in [6.07, 6.45) is 2.77. The van der Waals surface area contributed by atoms with Crippen LogP contribution in [0, 0.1) is 0 Å². The third-order valence-electron chi connectivity index (χ3n) is 2.84. The smallest absolute Gasteiger partial charge is 0.331 e. The molecular formula is C10H17N3O3. The molecule has 2 saturated heterocycles. The first kappa shape index (κ1) is 11.0. The summed E-state index contributed by atoms with van der Waals surface area (Å²) in [5, 5.41) is 3.77. The van der Waals surface area contributed by atoms with Gasteiger partial charge in [-0.15, -0.1) is 5.06 Å². The number of carbonyl (C=O) groups excluding carboxylic acids is 2. The van der Waals surface area contributed by atoms with Gasteiger partial charge in [0.05, 0.1) is 6.54 Å². The number of piperidine rings is 1. The summed E-state index contributed by atoms with van der Waals surface area (Å²) in [6.45, 7) is 3.73. The Labute approximate surface area is 94.5 Å². The van der Waals surface area contributed by atoms with Crippen LogP contribution >= 0.6 is 0 Å². The van der Waals surface area contributed by atoms with Crippen LogP contribution in [-0.2, 0) is 4.84 Å². The minimum Gasteiger partial charge on any atom is -0.331 e. The second-order valence-electron chi connectivity index (χ2n) is 4.32. The second kappa shape index (κ2) is 4.59. The van der Waals surface area contributed by atoms with E-state index in [1.54, 1.807) is 4.90 Å². The van der Waals surface area contributed by atoms with E-state index < -0.39 is 6.09 Å². The lowest BCUT2D eigenvalue weighted by Gasteiger charge is -2.27. The number of urea groups is 1. The third kappa shape index (κ3) is 2.37. The fourth-order valence-corrected chi connectivity index (χ4v) is 1.97. The quantitative estimate of drug-likeness (QED) is 0.725. The maximum atomic E-state index is 11.7. The van der Waals surface area contributed by atoms with Gasteiger partial charge in [0, 0.05) is 19.1 Å². The van der Waals surface area contributed by atoms with Crippen LogP contribution in [0.5, 0.6) is 0 Å². The number of hydrogen-bond acceptors (Lipinski definition) is 3. The molecule has 0 spiro atoms. The average Bonchev–Trinajstić information content (AvgIpc) is 2.59. The van der Waals surface area contributed by atoms with Crippen LogP contribution in [0.1, 0.15) is 26.2 Å². The van der Waals surface area contributed by atoms with Gasteiger partial charge in [-0.2, -0.15) is 0 Å². The van der Waals surface area contributed by atoms with Gasteiger partial charge in [-0.05, 0) is 26.2 Å². The minimum atomic E-state index is -0.413. The number of carbonyl (C=O) groups is 2. The summed E-state index contributed by atoms with van der Waals surface area (Å²) >= 11 is 0. The molecule has 90 valence electrons. The molecule has 1 N–H and O–H groups in total. The SMILES string of the molecule is CC1CN(OC(=O)N2CCCCC2)C(=O)N1. The molecule has 2 rings (SSSR count). The maximum absolute atomic E-state index is 11.7. The summed E-state index contributed by atoms with van der Waals surface area (Å²) in [5.41, 5.74) is 0. The molecule has 6 nitrogen and oxygen atoms in total. The van der Waals surface area contributed by atoms with Crippen LogP contribution in [0.4, 0.5) is 9.59 Å². The predicted octanol–water partition coefficient (Wildman–Crippen LogP) is 0.938. The zero-order valence-electron chi connectivity index (χ0n) is 9.44. The maximum Gasteiger partial charge on any atom is 0.434 e. The number of likely N-dealkylation sites (tertiary alicyclic amines) is 1. The van der Waals surface area contributed by atoms with Gasteiger partial charge >= 0.3 is 12.1 Å². The van der Waals surface area contributed by atoms with E-state index in [-0.39, 0.29) is 12.1 Å². The van der Waals surface area contributed by atoms with E-state index >= 15 is 0 Å². The first-order chi connectivity index (χ1) is 7.66. The molecule has 2 fully saturated rings. The molecule has 16 heavy (non-hydrogen) atoms. The number of nitrogens with zero attached hydrogens (tertiary/aromatic N) is 2. The highest BCUT2D eigenvalue weighted by atomic mass is 16.7. The van der Waals surface area contributed by atoms with Gasteiger partial charge in [-0.1, -0.05) is 0 Å². The lowest BCUT2D eigenvalue weighted by atomic mass is 10.1. The van der Waals surface area contributed by atoms with E-state index in [2.05, 4.69) is 5.32 Å². The average molecular weight is 227 g/mol. The van der Waals surface area contributed by atoms with E-state index in [9.17, 15) is 9.59 Å². The van der Waals surface area contributed by atoms with Crippen molar-refractivity contribution in [2.75, 3.05) is 19.6 Å². The molecule has 3 amide bonds. The molecule has 0 aromatic heterocycles. The van der Waals surface area contributed by atoms with Crippen LogP contribution in [0.25, 0.3) is 0 Å². The highest BCUT2D eigenvalue weighted by Crippen LogP contribution is 2.12. The van der Waals surface area contributed by atoms with E-state index in [4.69, 9.17) is 4.84 Å². The molecule has 2 heterocycles. The standard InChI is InChI=1S/C10H17N3O3/c1-8-7-13(9(14)11-8)16-10(15)12-5-3-2-4-6-12/h8H,2-7H2,1H3,(H,11,14). The summed E-state index contributed by atoms with van der Waals surface area (Å²) in [4.78, 5) is 29.7. The Bertz CT molecular complexity index is 289. The fraction of sp³-hybridized carbons (Fsp3) is 0.800. The highest BCUT2D eigenvalue weighted by Gasteiger charge is 2.30. The highest BCUT2D eigenvalue weighted by molar-refractivity contribution is 5.78. The number of amides is 3. The van der Waals surface area contributed by atoms with Gasteiger partial charge < -0.3 is 15.1 Å². The van der Waals surface area contributed by atoms with Crippen molar-refractivity contribution < 1.29 is 14.4 Å². The summed E-state index contributed by atoms with van der Waals surface area (Å²) in [5.74, 6) is 0. The van der Waals surface area contributed by atoms with Crippen molar-refractivity contribution in [1.29, 1.82) is 0 Å². The van der Waals surface area contributed by atoms with Crippen molar-refractivity contribution in [3.63, 3.8) is 0 Å². The van der Waals surface area contributed by atoms with Crippen molar-refractivity contribution in [2.45, 2.75) is 32.2 Å². The van der Waals surface area contributed by atoms with Crippen molar-refractivity contribution in [3.05, 3.63) is 0 Å². The monoisotopic (exact) mass is 227 g/mol. The van der Waals surface area contributed by atoms with E-state index in [0.717, 1.165) is 37.4 Å². The lowest BCUT2D eigenvalue weighted by Crippen LogP contribution is -2.41. The molecule has 2 aliphatic rings. The number of rotatable bonds is 1. The van der Waals surface area contributed by atoms with Crippen LogP contribution < -0.4 is 5.32 Å². The van der Waals surface area contributed by atoms with Crippen molar-refractivity contribution in [3.8, 4) is 0 Å². The molecule has 1 atom stereocenters. The zero-order chi connectivity index (χ0) is 11.5. The Hall–Kier alpha value is -1.46. The summed E-state index contributed by atoms with van der Waals surface area (Å²) in [7, 11) is 0. The van der Waals surface area contributed by atoms with Gasteiger partial charge in [0.15, 0.2) is 0 Å². The van der Waals surface area contributed by atoms with Gasteiger partial charge in [-0.3, -0.25) is 0 Å². The van der Waals surface area contributed by atoms with Gasteiger partial charge in [0.2, 0.25) is 0 Å².